The lowest BCUT2D eigenvalue weighted by Crippen LogP contribution is -2.19. The molecule has 0 aromatic carbocycles. The van der Waals surface area contributed by atoms with Crippen molar-refractivity contribution in [2.24, 2.45) is 17.8 Å². The Hall–Kier alpha value is -1.03. The molecule has 0 aromatic rings. The highest BCUT2D eigenvalue weighted by atomic mass is 14.3. The van der Waals surface area contributed by atoms with E-state index in [9.17, 15) is 0 Å². The van der Waals surface area contributed by atoms with Gasteiger partial charge in [0.15, 0.2) is 0 Å². The molecule has 15 heavy (non-hydrogen) atoms. The molecule has 1 aliphatic rings. The summed E-state index contributed by atoms with van der Waals surface area (Å²) in [5, 5.41) is 8.68. The second-order valence-electron chi connectivity index (χ2n) is 4.99. The summed E-state index contributed by atoms with van der Waals surface area (Å²) < 4.78 is 0. The molecule has 1 rings (SSSR count). The summed E-state index contributed by atoms with van der Waals surface area (Å²) in [4.78, 5) is 0. The van der Waals surface area contributed by atoms with Crippen LogP contribution in [0.15, 0.2) is 23.3 Å². The van der Waals surface area contributed by atoms with E-state index in [0.29, 0.717) is 5.92 Å². The lowest BCUT2D eigenvalue weighted by atomic mass is 9.74. The van der Waals surface area contributed by atoms with Gasteiger partial charge in [0.1, 0.15) is 0 Å². The Morgan fingerprint density at radius 3 is 2.80 bits per heavy atom. The van der Waals surface area contributed by atoms with E-state index in [1.807, 2.05) is 0 Å². The Balaban J connectivity index is 2.82. The minimum absolute atomic E-state index is 0.505. The van der Waals surface area contributed by atoms with Gasteiger partial charge in [-0.1, -0.05) is 31.1 Å². The highest BCUT2D eigenvalue weighted by molar-refractivity contribution is 5.25. The summed E-state index contributed by atoms with van der Waals surface area (Å²) in [6.45, 7) is 8.85. The summed E-state index contributed by atoms with van der Waals surface area (Å²) in [7, 11) is 0. The maximum absolute atomic E-state index is 8.68. The largest absolute Gasteiger partial charge is 0.193 e. The van der Waals surface area contributed by atoms with Crippen LogP contribution >= 0.6 is 0 Å². The third-order valence-electron chi connectivity index (χ3n) is 3.62. The van der Waals surface area contributed by atoms with Gasteiger partial charge < -0.3 is 0 Å². The molecule has 2 unspecified atom stereocenters. The van der Waals surface area contributed by atoms with E-state index in [4.69, 9.17) is 5.26 Å². The van der Waals surface area contributed by atoms with Crippen molar-refractivity contribution in [3.8, 4) is 6.07 Å². The predicted octanol–water partition coefficient (Wildman–Crippen LogP) is 4.08. The van der Waals surface area contributed by atoms with Crippen LogP contribution in [0.25, 0.3) is 0 Å². The van der Waals surface area contributed by atoms with Crippen LogP contribution in [0.4, 0.5) is 0 Å². The third-order valence-corrected chi connectivity index (χ3v) is 3.62. The molecule has 0 heterocycles. The second kappa shape index (κ2) is 5.16. The van der Waals surface area contributed by atoms with Gasteiger partial charge in [0.25, 0.3) is 0 Å². The summed E-state index contributed by atoms with van der Waals surface area (Å²) in [5.74, 6) is 2.03. The van der Waals surface area contributed by atoms with Crippen molar-refractivity contribution >= 4 is 0 Å². The van der Waals surface area contributed by atoms with Gasteiger partial charge >= 0.3 is 0 Å². The quantitative estimate of drug-likeness (QED) is 0.490. The molecule has 0 aliphatic heterocycles. The van der Waals surface area contributed by atoms with E-state index in [1.165, 1.54) is 24.0 Å². The minimum Gasteiger partial charge on any atom is -0.193 e. The van der Waals surface area contributed by atoms with Gasteiger partial charge in [-0.05, 0) is 38.5 Å². The zero-order valence-electron chi connectivity index (χ0n) is 10.2. The number of hydrogen-bond acceptors (Lipinski definition) is 1. The lowest BCUT2D eigenvalue weighted by Gasteiger charge is -2.31. The van der Waals surface area contributed by atoms with Crippen molar-refractivity contribution < 1.29 is 0 Å². The van der Waals surface area contributed by atoms with Crippen molar-refractivity contribution in [1.82, 2.24) is 0 Å². The van der Waals surface area contributed by atoms with Crippen LogP contribution in [0.5, 0.6) is 0 Å². The van der Waals surface area contributed by atoms with E-state index in [-0.39, 0.29) is 0 Å². The van der Waals surface area contributed by atoms with E-state index in [1.54, 1.807) is 6.08 Å². The molecule has 0 aromatic heterocycles. The first-order chi connectivity index (χ1) is 7.06. The molecule has 0 N–H and O–H groups in total. The number of hydrogen-bond donors (Lipinski definition) is 0. The maximum atomic E-state index is 8.68. The highest BCUT2D eigenvalue weighted by Crippen LogP contribution is 2.36. The normalized spacial score (nSPS) is 27.5. The monoisotopic (exact) mass is 203 g/mol. The summed E-state index contributed by atoms with van der Waals surface area (Å²) in [6, 6.07) is 2.14. The lowest BCUT2D eigenvalue weighted by molar-refractivity contribution is 0.318. The molecule has 0 saturated carbocycles. The van der Waals surface area contributed by atoms with Crippen LogP contribution in [-0.4, -0.2) is 0 Å². The van der Waals surface area contributed by atoms with Gasteiger partial charge in [0, 0.05) is 12.0 Å². The van der Waals surface area contributed by atoms with Crippen LogP contribution in [0.1, 0.15) is 40.5 Å². The van der Waals surface area contributed by atoms with Gasteiger partial charge in [-0.3, -0.25) is 0 Å². The Kier molecular flexibility index (Phi) is 4.15. The van der Waals surface area contributed by atoms with Gasteiger partial charge in [-0.2, -0.15) is 5.26 Å². The molecule has 1 nitrogen and oxygen atoms in total. The van der Waals surface area contributed by atoms with Crippen LogP contribution in [-0.2, 0) is 0 Å². The van der Waals surface area contributed by atoms with Gasteiger partial charge in [0.05, 0.1) is 6.07 Å². The Bertz CT molecular complexity index is 315. The molecule has 0 spiro atoms. The fraction of sp³-hybridized carbons (Fsp3) is 0.643. The Morgan fingerprint density at radius 2 is 2.27 bits per heavy atom. The average molecular weight is 203 g/mol. The molecular weight excluding hydrogens is 182 g/mol. The molecule has 0 bridgehead atoms. The van der Waals surface area contributed by atoms with E-state index in [0.717, 1.165) is 11.8 Å². The van der Waals surface area contributed by atoms with Gasteiger partial charge in [-0.25, -0.2) is 0 Å². The fourth-order valence-corrected chi connectivity index (χ4v) is 2.36. The van der Waals surface area contributed by atoms with E-state index >= 15 is 0 Å². The molecule has 0 fully saturated rings. The first kappa shape index (κ1) is 12.0. The van der Waals surface area contributed by atoms with Crippen LogP contribution < -0.4 is 0 Å². The Morgan fingerprint density at radius 1 is 1.60 bits per heavy atom. The summed E-state index contributed by atoms with van der Waals surface area (Å²) in [5.41, 5.74) is 2.66. The third kappa shape index (κ3) is 2.96. The smallest absolute Gasteiger partial charge is 0.0911 e. The van der Waals surface area contributed by atoms with E-state index in [2.05, 4.69) is 39.8 Å². The molecule has 82 valence electrons. The van der Waals surface area contributed by atoms with E-state index < -0.39 is 0 Å². The maximum Gasteiger partial charge on any atom is 0.0911 e. The second-order valence-corrected chi connectivity index (χ2v) is 4.99. The van der Waals surface area contributed by atoms with Crippen LogP contribution in [0, 0.1) is 29.1 Å². The molecule has 0 amide bonds. The molecule has 2 atom stereocenters. The van der Waals surface area contributed by atoms with Crippen LogP contribution in [0.2, 0.25) is 0 Å². The van der Waals surface area contributed by atoms with Crippen molar-refractivity contribution in [3.05, 3.63) is 23.3 Å². The van der Waals surface area contributed by atoms with Gasteiger partial charge in [0.2, 0.25) is 0 Å². The molecular formula is C14H21N. The minimum atomic E-state index is 0.505. The fourth-order valence-electron chi connectivity index (χ4n) is 2.36. The molecule has 0 saturated heterocycles. The highest BCUT2D eigenvalue weighted by Gasteiger charge is 2.24. The molecule has 1 heteroatoms. The first-order valence-corrected chi connectivity index (χ1v) is 5.79. The molecule has 0 radical (unpaired) electrons. The standard InChI is InChI=1S/C14H21N/c1-10(2)13-6-5-11(3)14(9-13)12(4)7-8-15/h5,7,10,13-14H,6,9H2,1-4H3. The number of allylic oxidation sites excluding steroid dienone is 4. The first-order valence-electron chi connectivity index (χ1n) is 5.79. The zero-order chi connectivity index (χ0) is 11.4. The van der Waals surface area contributed by atoms with Crippen molar-refractivity contribution in [3.63, 3.8) is 0 Å². The topological polar surface area (TPSA) is 23.8 Å². The van der Waals surface area contributed by atoms with Crippen molar-refractivity contribution in [2.45, 2.75) is 40.5 Å². The summed E-state index contributed by atoms with van der Waals surface area (Å²) in [6.07, 6.45) is 6.47. The summed E-state index contributed by atoms with van der Waals surface area (Å²) >= 11 is 0. The van der Waals surface area contributed by atoms with Gasteiger partial charge in [-0.15, -0.1) is 0 Å². The zero-order valence-corrected chi connectivity index (χ0v) is 10.2. The number of nitriles is 1. The predicted molar refractivity (Wildman–Crippen MR) is 64.2 cm³/mol. The number of rotatable bonds is 2. The average Bonchev–Trinajstić information content (AvgIpc) is 2.18. The van der Waals surface area contributed by atoms with Crippen molar-refractivity contribution in [2.75, 3.05) is 0 Å². The molecule has 1 aliphatic carbocycles. The number of nitrogens with zero attached hydrogens (tertiary/aromatic N) is 1. The van der Waals surface area contributed by atoms with Crippen LogP contribution in [0.3, 0.4) is 0 Å². The SMILES string of the molecule is CC(=CC#N)C1CC(C(C)C)CC=C1C. The van der Waals surface area contributed by atoms with Crippen molar-refractivity contribution in [1.29, 1.82) is 5.26 Å². The Labute approximate surface area is 93.5 Å².